The Labute approximate surface area is 113 Å². The summed E-state index contributed by atoms with van der Waals surface area (Å²) in [7, 11) is 0. The van der Waals surface area contributed by atoms with E-state index in [-0.39, 0.29) is 24.6 Å². The summed E-state index contributed by atoms with van der Waals surface area (Å²) in [5.41, 5.74) is 1.09. The van der Waals surface area contributed by atoms with Gasteiger partial charge in [0.2, 0.25) is 0 Å². The van der Waals surface area contributed by atoms with Gasteiger partial charge in [-0.3, -0.25) is 4.79 Å². The number of aliphatic hydroxyl groups is 1. The summed E-state index contributed by atoms with van der Waals surface area (Å²) in [6.45, 7) is 7.73. The van der Waals surface area contributed by atoms with Crippen molar-refractivity contribution in [2.45, 2.75) is 46.4 Å². The number of hydrogen-bond donors (Lipinski definition) is 1. The summed E-state index contributed by atoms with van der Waals surface area (Å²) < 4.78 is 0. The van der Waals surface area contributed by atoms with Crippen molar-refractivity contribution in [3.63, 3.8) is 0 Å². The van der Waals surface area contributed by atoms with E-state index in [2.05, 4.69) is 0 Å². The van der Waals surface area contributed by atoms with Crippen LogP contribution in [0.1, 0.15) is 43.6 Å². The van der Waals surface area contributed by atoms with E-state index in [1.807, 2.05) is 27.7 Å². The average molecular weight is 270 g/mol. The van der Waals surface area contributed by atoms with Crippen LogP contribution in [0, 0.1) is 0 Å². The molecule has 0 aliphatic heterocycles. The minimum absolute atomic E-state index is 0.0688. The third kappa shape index (κ3) is 3.24. The second kappa shape index (κ2) is 6.21. The van der Waals surface area contributed by atoms with Crippen molar-refractivity contribution in [3.8, 4) is 0 Å². The van der Waals surface area contributed by atoms with Gasteiger partial charge >= 0.3 is 0 Å². The van der Waals surface area contributed by atoms with E-state index in [4.69, 9.17) is 11.6 Å². The van der Waals surface area contributed by atoms with Gasteiger partial charge in [-0.1, -0.05) is 11.6 Å². The lowest BCUT2D eigenvalue weighted by Crippen LogP contribution is -2.42. The molecular formula is C14H20ClNO2. The second-order valence-corrected chi connectivity index (χ2v) is 5.30. The summed E-state index contributed by atoms with van der Waals surface area (Å²) >= 11 is 5.87. The summed E-state index contributed by atoms with van der Waals surface area (Å²) in [5, 5.41) is 9.85. The van der Waals surface area contributed by atoms with E-state index >= 15 is 0 Å². The van der Waals surface area contributed by atoms with Crippen LogP contribution in [0.15, 0.2) is 18.2 Å². The Kier molecular flexibility index (Phi) is 5.17. The number of halogens is 1. The van der Waals surface area contributed by atoms with Crippen LogP contribution >= 0.6 is 11.6 Å². The van der Waals surface area contributed by atoms with Crippen LogP contribution in [0.3, 0.4) is 0 Å². The molecule has 0 aliphatic carbocycles. The van der Waals surface area contributed by atoms with E-state index in [1.54, 1.807) is 23.1 Å². The third-order valence-corrected chi connectivity index (χ3v) is 3.05. The maximum absolute atomic E-state index is 12.5. The van der Waals surface area contributed by atoms with Gasteiger partial charge < -0.3 is 10.0 Å². The molecule has 0 fully saturated rings. The lowest BCUT2D eigenvalue weighted by Gasteiger charge is -2.31. The lowest BCUT2D eigenvalue weighted by atomic mass is 10.1. The number of rotatable bonds is 4. The SMILES string of the molecule is CC(C)N(C(=O)c1ccc(Cl)cc1CO)C(C)C. The fraction of sp³-hybridized carbons (Fsp3) is 0.500. The monoisotopic (exact) mass is 269 g/mol. The number of hydrogen-bond acceptors (Lipinski definition) is 2. The highest BCUT2D eigenvalue weighted by molar-refractivity contribution is 6.30. The van der Waals surface area contributed by atoms with Crippen LogP contribution in [0.2, 0.25) is 5.02 Å². The summed E-state index contributed by atoms with van der Waals surface area (Å²) in [6, 6.07) is 5.20. The summed E-state index contributed by atoms with van der Waals surface area (Å²) in [5.74, 6) is -0.0688. The topological polar surface area (TPSA) is 40.5 Å². The Hall–Kier alpha value is -1.06. The largest absolute Gasteiger partial charge is 0.392 e. The van der Waals surface area contributed by atoms with E-state index in [1.165, 1.54) is 0 Å². The van der Waals surface area contributed by atoms with Gasteiger partial charge in [0.15, 0.2) is 0 Å². The average Bonchev–Trinajstić information content (AvgIpc) is 2.27. The molecule has 0 saturated heterocycles. The molecule has 0 aromatic heterocycles. The molecule has 1 aromatic carbocycles. The molecule has 1 amide bonds. The smallest absolute Gasteiger partial charge is 0.254 e. The standard InChI is InChI=1S/C14H20ClNO2/c1-9(2)16(10(3)4)14(18)13-6-5-12(15)7-11(13)8-17/h5-7,9-10,17H,8H2,1-4H3. The van der Waals surface area contributed by atoms with E-state index in [9.17, 15) is 9.90 Å². The van der Waals surface area contributed by atoms with Gasteiger partial charge in [-0.05, 0) is 51.5 Å². The fourth-order valence-electron chi connectivity index (χ4n) is 2.11. The van der Waals surface area contributed by atoms with Gasteiger partial charge in [-0.25, -0.2) is 0 Å². The highest BCUT2D eigenvalue weighted by atomic mass is 35.5. The van der Waals surface area contributed by atoms with Gasteiger partial charge in [0.25, 0.3) is 5.91 Å². The fourth-order valence-corrected chi connectivity index (χ4v) is 2.30. The number of nitrogens with zero attached hydrogens (tertiary/aromatic N) is 1. The maximum atomic E-state index is 12.5. The van der Waals surface area contributed by atoms with Gasteiger partial charge in [0.1, 0.15) is 0 Å². The van der Waals surface area contributed by atoms with Crippen LogP contribution in [0.25, 0.3) is 0 Å². The normalized spacial score (nSPS) is 11.1. The van der Waals surface area contributed by atoms with Crippen LogP contribution in [-0.4, -0.2) is 28.0 Å². The molecule has 0 radical (unpaired) electrons. The zero-order valence-electron chi connectivity index (χ0n) is 11.3. The molecule has 18 heavy (non-hydrogen) atoms. The molecule has 0 spiro atoms. The highest BCUT2D eigenvalue weighted by Crippen LogP contribution is 2.20. The molecular weight excluding hydrogens is 250 g/mol. The molecule has 0 aliphatic rings. The Bertz CT molecular complexity index is 422. The first-order valence-electron chi connectivity index (χ1n) is 6.10. The quantitative estimate of drug-likeness (QED) is 0.912. The van der Waals surface area contributed by atoms with E-state index < -0.39 is 0 Å². The lowest BCUT2D eigenvalue weighted by molar-refractivity contribution is 0.0640. The predicted molar refractivity (Wildman–Crippen MR) is 73.8 cm³/mol. The number of carbonyl (C=O) groups excluding carboxylic acids is 1. The molecule has 1 rings (SSSR count). The Morgan fingerprint density at radius 3 is 2.28 bits per heavy atom. The van der Waals surface area contributed by atoms with Crippen molar-refractivity contribution in [2.24, 2.45) is 0 Å². The van der Waals surface area contributed by atoms with Crippen molar-refractivity contribution >= 4 is 17.5 Å². The van der Waals surface area contributed by atoms with E-state index in [0.29, 0.717) is 16.1 Å². The molecule has 0 heterocycles. The first-order valence-corrected chi connectivity index (χ1v) is 6.48. The Morgan fingerprint density at radius 1 is 1.28 bits per heavy atom. The van der Waals surface area contributed by atoms with Crippen molar-refractivity contribution in [1.82, 2.24) is 4.90 Å². The van der Waals surface area contributed by atoms with Crippen LogP contribution in [0.4, 0.5) is 0 Å². The highest BCUT2D eigenvalue weighted by Gasteiger charge is 2.23. The van der Waals surface area contributed by atoms with Crippen molar-refractivity contribution in [2.75, 3.05) is 0 Å². The number of aliphatic hydroxyl groups excluding tert-OH is 1. The molecule has 3 nitrogen and oxygen atoms in total. The minimum atomic E-state index is -0.189. The van der Waals surface area contributed by atoms with Crippen LogP contribution in [0.5, 0.6) is 0 Å². The molecule has 0 bridgehead atoms. The van der Waals surface area contributed by atoms with Crippen LogP contribution < -0.4 is 0 Å². The zero-order chi connectivity index (χ0) is 13.9. The van der Waals surface area contributed by atoms with Crippen molar-refractivity contribution < 1.29 is 9.90 Å². The molecule has 4 heteroatoms. The van der Waals surface area contributed by atoms with Gasteiger partial charge in [0, 0.05) is 22.7 Å². The Balaban J connectivity index is 3.16. The summed E-state index contributed by atoms with van der Waals surface area (Å²) in [6.07, 6.45) is 0. The minimum Gasteiger partial charge on any atom is -0.392 e. The Morgan fingerprint density at radius 2 is 1.83 bits per heavy atom. The first-order chi connectivity index (χ1) is 8.38. The van der Waals surface area contributed by atoms with Gasteiger partial charge in [-0.2, -0.15) is 0 Å². The molecule has 1 N–H and O–H groups in total. The molecule has 0 saturated carbocycles. The van der Waals surface area contributed by atoms with Crippen molar-refractivity contribution in [3.05, 3.63) is 34.3 Å². The second-order valence-electron chi connectivity index (χ2n) is 4.86. The van der Waals surface area contributed by atoms with Crippen LogP contribution in [-0.2, 0) is 6.61 Å². The number of amides is 1. The molecule has 100 valence electrons. The first kappa shape index (κ1) is 15.0. The third-order valence-electron chi connectivity index (χ3n) is 2.82. The van der Waals surface area contributed by atoms with Gasteiger partial charge in [0.05, 0.1) is 6.61 Å². The van der Waals surface area contributed by atoms with E-state index in [0.717, 1.165) is 0 Å². The maximum Gasteiger partial charge on any atom is 0.254 e. The predicted octanol–water partition coefficient (Wildman–Crippen LogP) is 3.09. The molecule has 0 atom stereocenters. The molecule has 1 aromatic rings. The number of carbonyl (C=O) groups is 1. The number of benzene rings is 1. The molecule has 0 unspecified atom stereocenters. The van der Waals surface area contributed by atoms with Crippen molar-refractivity contribution in [1.29, 1.82) is 0 Å². The summed E-state index contributed by atoms with van der Waals surface area (Å²) in [4.78, 5) is 14.3. The zero-order valence-corrected chi connectivity index (χ0v) is 12.0. The van der Waals surface area contributed by atoms with Gasteiger partial charge in [-0.15, -0.1) is 0 Å².